The summed E-state index contributed by atoms with van der Waals surface area (Å²) >= 11 is 0. The Hall–Kier alpha value is -2.30. The molecule has 3 aliphatic heterocycles. The first-order valence-corrected chi connectivity index (χ1v) is 15.2. The van der Waals surface area contributed by atoms with Crippen LogP contribution in [0.15, 0.2) is 36.7 Å². The molecule has 3 saturated heterocycles. The fourth-order valence-corrected chi connectivity index (χ4v) is 7.68. The SMILES string of the molecule is CC1CCN(S(=O)(=O)N2CCC(C(=O)N3CCCC(Cc4nncn4Cc4ccccc4)C3)CC2)CC1. The first-order chi connectivity index (χ1) is 17.9. The predicted octanol–water partition coefficient (Wildman–Crippen LogP) is 2.80. The minimum atomic E-state index is -3.42. The third kappa shape index (κ3) is 6.23. The number of carbonyl (C=O) groups excluding carboxylic acids is 1. The van der Waals surface area contributed by atoms with Crippen LogP contribution in [-0.4, -0.2) is 81.9 Å². The Morgan fingerprint density at radius 1 is 0.946 bits per heavy atom. The van der Waals surface area contributed by atoms with Crippen molar-refractivity contribution in [1.29, 1.82) is 0 Å². The third-order valence-corrected chi connectivity index (χ3v) is 10.4. The molecule has 5 rings (SSSR count). The van der Waals surface area contributed by atoms with Crippen LogP contribution in [0.25, 0.3) is 0 Å². The molecule has 1 atom stereocenters. The second-order valence-corrected chi connectivity index (χ2v) is 13.0. The zero-order valence-corrected chi connectivity index (χ0v) is 22.7. The number of rotatable bonds is 7. The second kappa shape index (κ2) is 11.6. The maximum absolute atomic E-state index is 13.4. The molecule has 0 bridgehead atoms. The highest BCUT2D eigenvalue weighted by Gasteiger charge is 2.37. The molecule has 0 spiro atoms. The smallest absolute Gasteiger partial charge is 0.281 e. The fraction of sp³-hybridized carbons (Fsp3) is 0.667. The van der Waals surface area contributed by atoms with E-state index < -0.39 is 10.2 Å². The van der Waals surface area contributed by atoms with E-state index >= 15 is 0 Å². The molecule has 202 valence electrons. The van der Waals surface area contributed by atoms with Gasteiger partial charge in [-0.1, -0.05) is 37.3 Å². The standard InChI is InChI=1S/C27H40N6O3S/c1-22-9-14-32(15-10-22)37(35,36)33-16-11-25(12-17-33)27(34)30-13-5-8-24(20-30)18-26-29-28-21-31(26)19-23-6-3-2-4-7-23/h2-4,6-7,21-22,24-25H,5,8-20H2,1H3. The molecule has 37 heavy (non-hydrogen) atoms. The normalized spacial score (nSPS) is 23.4. The molecule has 3 aliphatic rings. The summed E-state index contributed by atoms with van der Waals surface area (Å²) in [5.41, 5.74) is 1.22. The lowest BCUT2D eigenvalue weighted by Gasteiger charge is -2.39. The maximum atomic E-state index is 13.4. The van der Waals surface area contributed by atoms with E-state index in [9.17, 15) is 13.2 Å². The molecular weight excluding hydrogens is 488 g/mol. The van der Waals surface area contributed by atoms with Gasteiger partial charge in [-0.25, -0.2) is 0 Å². The number of piperidine rings is 3. The van der Waals surface area contributed by atoms with Crippen LogP contribution in [-0.2, 0) is 28.0 Å². The predicted molar refractivity (Wildman–Crippen MR) is 142 cm³/mol. The van der Waals surface area contributed by atoms with E-state index in [0.717, 1.165) is 57.6 Å². The van der Waals surface area contributed by atoms with Crippen LogP contribution in [0.1, 0.15) is 56.8 Å². The van der Waals surface area contributed by atoms with Crippen molar-refractivity contribution in [3.63, 3.8) is 0 Å². The lowest BCUT2D eigenvalue weighted by atomic mass is 9.91. The molecule has 9 nitrogen and oxygen atoms in total. The third-order valence-electron chi connectivity index (χ3n) is 8.39. The number of hydrogen-bond donors (Lipinski definition) is 0. The molecule has 1 unspecified atom stereocenters. The lowest BCUT2D eigenvalue weighted by Crippen LogP contribution is -2.51. The van der Waals surface area contributed by atoms with E-state index in [2.05, 4.69) is 33.8 Å². The summed E-state index contributed by atoms with van der Waals surface area (Å²) in [4.78, 5) is 15.4. The van der Waals surface area contributed by atoms with Crippen molar-refractivity contribution < 1.29 is 13.2 Å². The van der Waals surface area contributed by atoms with E-state index in [1.54, 1.807) is 14.9 Å². The number of nitrogens with zero attached hydrogens (tertiary/aromatic N) is 6. The molecule has 0 radical (unpaired) electrons. The van der Waals surface area contributed by atoms with Gasteiger partial charge < -0.3 is 9.47 Å². The van der Waals surface area contributed by atoms with E-state index in [4.69, 9.17) is 0 Å². The quantitative estimate of drug-likeness (QED) is 0.551. The number of carbonyl (C=O) groups is 1. The monoisotopic (exact) mass is 528 g/mol. The minimum Gasteiger partial charge on any atom is -0.342 e. The fourth-order valence-electron chi connectivity index (χ4n) is 6.01. The first-order valence-electron chi connectivity index (χ1n) is 13.8. The van der Waals surface area contributed by atoms with Gasteiger partial charge in [-0.2, -0.15) is 17.0 Å². The van der Waals surface area contributed by atoms with Gasteiger partial charge in [0.1, 0.15) is 12.2 Å². The zero-order chi connectivity index (χ0) is 25.8. The van der Waals surface area contributed by atoms with Gasteiger partial charge in [0.2, 0.25) is 5.91 Å². The minimum absolute atomic E-state index is 0.0895. The summed E-state index contributed by atoms with van der Waals surface area (Å²) < 4.78 is 31.6. The van der Waals surface area contributed by atoms with Gasteiger partial charge in [-0.15, -0.1) is 10.2 Å². The number of likely N-dealkylation sites (tertiary alicyclic amines) is 1. The molecule has 0 aliphatic carbocycles. The van der Waals surface area contributed by atoms with Gasteiger partial charge in [0, 0.05) is 51.6 Å². The van der Waals surface area contributed by atoms with E-state index in [0.29, 0.717) is 50.9 Å². The van der Waals surface area contributed by atoms with E-state index in [-0.39, 0.29) is 11.8 Å². The van der Waals surface area contributed by atoms with Crippen LogP contribution in [0, 0.1) is 17.8 Å². The molecule has 3 fully saturated rings. The van der Waals surface area contributed by atoms with Crippen molar-refractivity contribution in [3.05, 3.63) is 48.0 Å². The summed E-state index contributed by atoms with van der Waals surface area (Å²) in [5.74, 6) is 2.02. The van der Waals surface area contributed by atoms with Crippen molar-refractivity contribution in [3.8, 4) is 0 Å². The van der Waals surface area contributed by atoms with Crippen LogP contribution in [0.4, 0.5) is 0 Å². The Bertz CT molecular complexity index is 1140. The van der Waals surface area contributed by atoms with Gasteiger partial charge in [0.15, 0.2) is 0 Å². The molecule has 1 aromatic carbocycles. The maximum Gasteiger partial charge on any atom is 0.281 e. The molecular formula is C27H40N6O3S. The molecule has 0 saturated carbocycles. The summed E-state index contributed by atoms with van der Waals surface area (Å²) in [7, 11) is -3.42. The summed E-state index contributed by atoms with van der Waals surface area (Å²) in [6.07, 6.45) is 7.72. The highest BCUT2D eigenvalue weighted by atomic mass is 32.2. The van der Waals surface area contributed by atoms with Gasteiger partial charge in [-0.3, -0.25) is 4.79 Å². The van der Waals surface area contributed by atoms with Crippen LogP contribution in [0.3, 0.4) is 0 Å². The van der Waals surface area contributed by atoms with Gasteiger partial charge >= 0.3 is 0 Å². The number of aromatic nitrogens is 3. The van der Waals surface area contributed by atoms with Crippen LogP contribution >= 0.6 is 0 Å². The van der Waals surface area contributed by atoms with Gasteiger partial charge in [0.25, 0.3) is 10.2 Å². The average Bonchev–Trinajstić information content (AvgIpc) is 3.35. The Morgan fingerprint density at radius 3 is 2.32 bits per heavy atom. The van der Waals surface area contributed by atoms with Gasteiger partial charge in [0.05, 0.1) is 6.54 Å². The first kappa shape index (κ1) is 26.3. The Balaban J connectivity index is 1.13. The largest absolute Gasteiger partial charge is 0.342 e. The van der Waals surface area contributed by atoms with Crippen molar-refractivity contribution >= 4 is 16.1 Å². The zero-order valence-electron chi connectivity index (χ0n) is 21.9. The number of amides is 1. The van der Waals surface area contributed by atoms with Crippen molar-refractivity contribution in [1.82, 2.24) is 28.3 Å². The Morgan fingerprint density at radius 2 is 1.62 bits per heavy atom. The molecule has 4 heterocycles. The average molecular weight is 529 g/mol. The van der Waals surface area contributed by atoms with Crippen LogP contribution in [0.5, 0.6) is 0 Å². The Kier molecular flexibility index (Phi) is 8.26. The van der Waals surface area contributed by atoms with Crippen LogP contribution in [0.2, 0.25) is 0 Å². The van der Waals surface area contributed by atoms with Crippen LogP contribution < -0.4 is 0 Å². The van der Waals surface area contributed by atoms with Gasteiger partial charge in [-0.05, 0) is 55.9 Å². The van der Waals surface area contributed by atoms with Crippen molar-refractivity contribution in [2.24, 2.45) is 17.8 Å². The van der Waals surface area contributed by atoms with Crippen molar-refractivity contribution in [2.45, 2.75) is 58.4 Å². The summed E-state index contributed by atoms with van der Waals surface area (Å²) in [6.45, 7) is 6.54. The Labute approximate surface area is 221 Å². The number of benzene rings is 1. The molecule has 1 aromatic heterocycles. The van der Waals surface area contributed by atoms with E-state index in [1.165, 1.54) is 5.56 Å². The molecule has 1 amide bonds. The highest BCUT2D eigenvalue weighted by molar-refractivity contribution is 7.86. The molecule has 2 aromatic rings. The van der Waals surface area contributed by atoms with E-state index in [1.807, 2.05) is 23.1 Å². The summed E-state index contributed by atoms with van der Waals surface area (Å²) in [6, 6.07) is 10.3. The molecule has 0 N–H and O–H groups in total. The number of hydrogen-bond acceptors (Lipinski definition) is 5. The van der Waals surface area contributed by atoms with Crippen molar-refractivity contribution in [2.75, 3.05) is 39.3 Å². The topological polar surface area (TPSA) is 91.6 Å². The summed E-state index contributed by atoms with van der Waals surface area (Å²) in [5, 5.41) is 8.53. The lowest BCUT2D eigenvalue weighted by molar-refractivity contribution is -0.138. The highest BCUT2D eigenvalue weighted by Crippen LogP contribution is 2.28. The molecule has 10 heteroatoms. The second-order valence-electron chi connectivity index (χ2n) is 11.1.